The van der Waals surface area contributed by atoms with Crippen LogP contribution in [-0.4, -0.2) is 42.7 Å². The Kier molecular flexibility index (Phi) is 4.30. The minimum atomic E-state index is -0.390. The smallest absolute Gasteiger partial charge is 0.244 e. The molecule has 0 unspecified atom stereocenters. The number of carbonyl (C=O) groups is 1. The summed E-state index contributed by atoms with van der Waals surface area (Å²) in [5, 5.41) is 12.3. The molecular formula is C15H22N2O3. The van der Waals surface area contributed by atoms with Gasteiger partial charge in [0.25, 0.3) is 0 Å². The second-order valence-electron chi connectivity index (χ2n) is 5.42. The van der Waals surface area contributed by atoms with Crippen molar-refractivity contribution >= 4 is 11.6 Å². The van der Waals surface area contributed by atoms with Crippen molar-refractivity contribution in [3.63, 3.8) is 0 Å². The maximum absolute atomic E-state index is 12.5. The lowest BCUT2D eigenvalue weighted by Gasteiger charge is -2.45. The number of hydrogen-bond acceptors (Lipinski definition) is 4. The van der Waals surface area contributed by atoms with Gasteiger partial charge in [-0.3, -0.25) is 9.69 Å². The van der Waals surface area contributed by atoms with Gasteiger partial charge in [0.05, 0.1) is 13.7 Å². The van der Waals surface area contributed by atoms with Gasteiger partial charge < -0.3 is 15.2 Å². The molecule has 0 radical (unpaired) electrons. The van der Waals surface area contributed by atoms with Crippen molar-refractivity contribution in [2.75, 3.05) is 26.5 Å². The summed E-state index contributed by atoms with van der Waals surface area (Å²) in [5.41, 5.74) is 0.963. The van der Waals surface area contributed by atoms with Gasteiger partial charge in [-0.15, -0.1) is 0 Å². The summed E-state index contributed by atoms with van der Waals surface area (Å²) in [4.78, 5) is 14.5. The van der Waals surface area contributed by atoms with Crippen molar-refractivity contribution in [3.8, 4) is 5.75 Å². The van der Waals surface area contributed by atoms with Crippen LogP contribution in [0.5, 0.6) is 5.75 Å². The molecule has 0 bridgehead atoms. The Labute approximate surface area is 119 Å². The number of anilines is 1. The van der Waals surface area contributed by atoms with E-state index in [1.807, 2.05) is 19.0 Å². The van der Waals surface area contributed by atoms with Crippen LogP contribution in [0.4, 0.5) is 5.69 Å². The number of aliphatic hydroxyl groups excluding tert-OH is 1. The molecule has 1 amide bonds. The molecule has 0 saturated heterocycles. The molecule has 1 aliphatic carbocycles. The zero-order valence-electron chi connectivity index (χ0n) is 12.3. The van der Waals surface area contributed by atoms with Crippen molar-refractivity contribution in [3.05, 3.63) is 23.8 Å². The standard InChI is InChI=1S/C15H22N2O3/c1-17(2)15(7-4-8-15)14(19)16-12-5-6-13(20-3)11(9-12)10-18/h5-6,9,18H,4,7-8,10H2,1-3H3,(H,16,19). The van der Waals surface area contributed by atoms with Gasteiger partial charge in [-0.05, 0) is 51.6 Å². The number of benzene rings is 1. The maximum Gasteiger partial charge on any atom is 0.244 e. The van der Waals surface area contributed by atoms with Crippen LogP contribution < -0.4 is 10.1 Å². The first-order valence-electron chi connectivity index (χ1n) is 6.80. The predicted octanol–water partition coefficient (Wildman–Crippen LogP) is 1.61. The molecule has 2 rings (SSSR count). The molecule has 5 nitrogen and oxygen atoms in total. The second kappa shape index (κ2) is 5.81. The van der Waals surface area contributed by atoms with Crippen LogP contribution in [0, 0.1) is 0 Å². The Morgan fingerprint density at radius 1 is 1.45 bits per heavy atom. The molecular weight excluding hydrogens is 256 g/mol. The first-order chi connectivity index (χ1) is 9.53. The lowest BCUT2D eigenvalue weighted by Crippen LogP contribution is -2.58. The minimum absolute atomic E-state index is 0.0165. The Balaban J connectivity index is 2.16. The van der Waals surface area contributed by atoms with Crippen LogP contribution in [0.25, 0.3) is 0 Å². The number of hydrogen-bond donors (Lipinski definition) is 2. The Morgan fingerprint density at radius 2 is 2.15 bits per heavy atom. The number of methoxy groups -OCH3 is 1. The zero-order chi connectivity index (χ0) is 14.8. The summed E-state index contributed by atoms with van der Waals surface area (Å²) in [6, 6.07) is 5.29. The lowest BCUT2D eigenvalue weighted by atomic mass is 9.75. The number of aliphatic hydroxyl groups is 1. The monoisotopic (exact) mass is 278 g/mol. The summed E-state index contributed by atoms with van der Waals surface area (Å²) in [6.45, 7) is -0.119. The van der Waals surface area contributed by atoms with Crippen LogP contribution in [0.15, 0.2) is 18.2 Å². The van der Waals surface area contributed by atoms with Crippen LogP contribution in [0.3, 0.4) is 0 Å². The molecule has 0 spiro atoms. The van der Waals surface area contributed by atoms with Gasteiger partial charge in [-0.2, -0.15) is 0 Å². The van der Waals surface area contributed by atoms with Crippen molar-refractivity contribution in [2.24, 2.45) is 0 Å². The topological polar surface area (TPSA) is 61.8 Å². The van der Waals surface area contributed by atoms with E-state index in [-0.39, 0.29) is 18.1 Å². The largest absolute Gasteiger partial charge is 0.496 e. The van der Waals surface area contributed by atoms with Crippen molar-refractivity contribution < 1.29 is 14.6 Å². The highest BCUT2D eigenvalue weighted by molar-refractivity contribution is 5.98. The molecule has 20 heavy (non-hydrogen) atoms. The first-order valence-corrected chi connectivity index (χ1v) is 6.80. The third-order valence-electron chi connectivity index (χ3n) is 4.17. The molecule has 2 N–H and O–H groups in total. The van der Waals surface area contributed by atoms with Gasteiger partial charge in [-0.1, -0.05) is 0 Å². The molecule has 1 fully saturated rings. The number of carbonyl (C=O) groups excluding carboxylic acids is 1. The SMILES string of the molecule is COc1ccc(NC(=O)C2(N(C)C)CCC2)cc1CO. The third kappa shape index (κ3) is 2.51. The molecule has 110 valence electrons. The normalized spacial score (nSPS) is 16.6. The number of likely N-dealkylation sites (N-methyl/N-ethyl adjacent to an activating group) is 1. The fourth-order valence-electron chi connectivity index (χ4n) is 2.62. The fraction of sp³-hybridized carbons (Fsp3) is 0.533. The number of ether oxygens (including phenoxy) is 1. The Morgan fingerprint density at radius 3 is 2.60 bits per heavy atom. The van der Waals surface area contributed by atoms with Gasteiger partial charge in [0.2, 0.25) is 5.91 Å². The summed E-state index contributed by atoms with van der Waals surface area (Å²) < 4.78 is 5.15. The Hall–Kier alpha value is -1.59. The van der Waals surface area contributed by atoms with Crippen LogP contribution in [0.2, 0.25) is 0 Å². The van der Waals surface area contributed by atoms with Gasteiger partial charge in [0.1, 0.15) is 11.3 Å². The van der Waals surface area contributed by atoms with E-state index < -0.39 is 0 Å². The van der Waals surface area contributed by atoms with Crippen molar-refractivity contribution in [1.82, 2.24) is 4.90 Å². The van der Waals surface area contributed by atoms with E-state index in [0.29, 0.717) is 17.0 Å². The highest BCUT2D eigenvalue weighted by atomic mass is 16.5. The van der Waals surface area contributed by atoms with Gasteiger partial charge in [-0.25, -0.2) is 0 Å². The number of nitrogens with zero attached hydrogens (tertiary/aromatic N) is 1. The zero-order valence-corrected chi connectivity index (χ0v) is 12.3. The molecule has 1 aromatic rings. The van der Waals surface area contributed by atoms with E-state index in [0.717, 1.165) is 19.3 Å². The molecule has 5 heteroatoms. The fourth-order valence-corrected chi connectivity index (χ4v) is 2.62. The van der Waals surface area contributed by atoms with E-state index in [9.17, 15) is 9.90 Å². The highest BCUT2D eigenvalue weighted by Crippen LogP contribution is 2.37. The summed E-state index contributed by atoms with van der Waals surface area (Å²) in [5.74, 6) is 0.638. The molecule has 0 atom stereocenters. The number of rotatable bonds is 5. The van der Waals surface area contributed by atoms with E-state index in [2.05, 4.69) is 5.32 Å². The van der Waals surface area contributed by atoms with E-state index in [1.54, 1.807) is 25.3 Å². The molecule has 0 heterocycles. The quantitative estimate of drug-likeness (QED) is 0.859. The summed E-state index contributed by atoms with van der Waals surface area (Å²) >= 11 is 0. The molecule has 0 aromatic heterocycles. The van der Waals surface area contributed by atoms with Gasteiger partial charge in [0, 0.05) is 11.3 Å². The summed E-state index contributed by atoms with van der Waals surface area (Å²) in [7, 11) is 5.43. The third-order valence-corrected chi connectivity index (χ3v) is 4.17. The van der Waals surface area contributed by atoms with Crippen LogP contribution >= 0.6 is 0 Å². The van der Waals surface area contributed by atoms with Crippen LogP contribution in [0.1, 0.15) is 24.8 Å². The second-order valence-corrected chi connectivity index (χ2v) is 5.42. The number of nitrogens with one attached hydrogen (secondary N) is 1. The Bertz CT molecular complexity index is 496. The highest BCUT2D eigenvalue weighted by Gasteiger charge is 2.46. The van der Waals surface area contributed by atoms with E-state index >= 15 is 0 Å². The first kappa shape index (κ1) is 14.8. The minimum Gasteiger partial charge on any atom is -0.496 e. The summed E-state index contributed by atoms with van der Waals surface area (Å²) in [6.07, 6.45) is 2.85. The predicted molar refractivity (Wildman–Crippen MR) is 77.8 cm³/mol. The van der Waals surface area contributed by atoms with E-state index in [1.165, 1.54) is 0 Å². The van der Waals surface area contributed by atoms with Crippen molar-refractivity contribution in [2.45, 2.75) is 31.4 Å². The average molecular weight is 278 g/mol. The molecule has 1 saturated carbocycles. The van der Waals surface area contributed by atoms with Crippen LogP contribution in [-0.2, 0) is 11.4 Å². The molecule has 1 aromatic carbocycles. The molecule has 0 aliphatic heterocycles. The van der Waals surface area contributed by atoms with E-state index in [4.69, 9.17) is 4.74 Å². The number of amides is 1. The maximum atomic E-state index is 12.5. The molecule has 1 aliphatic rings. The van der Waals surface area contributed by atoms with Gasteiger partial charge >= 0.3 is 0 Å². The average Bonchev–Trinajstić information content (AvgIpc) is 2.36. The van der Waals surface area contributed by atoms with Gasteiger partial charge in [0.15, 0.2) is 0 Å². The lowest BCUT2D eigenvalue weighted by molar-refractivity contribution is -0.131. The van der Waals surface area contributed by atoms with Crippen molar-refractivity contribution in [1.29, 1.82) is 0 Å².